The molecule has 1 aliphatic rings. The van der Waals surface area contributed by atoms with Gasteiger partial charge in [0, 0.05) is 42.2 Å². The highest BCUT2D eigenvalue weighted by atomic mass is 19.1. The number of para-hydroxylation sites is 1. The lowest BCUT2D eigenvalue weighted by molar-refractivity contribution is 0.0673. The maximum absolute atomic E-state index is 13.3. The van der Waals surface area contributed by atoms with Gasteiger partial charge in [-0.1, -0.05) is 42.0 Å². The topological polar surface area (TPSA) is 66.6 Å². The number of amides is 1. The summed E-state index contributed by atoms with van der Waals surface area (Å²) >= 11 is 0. The van der Waals surface area contributed by atoms with E-state index in [1.807, 2.05) is 52.6 Å². The van der Waals surface area contributed by atoms with Gasteiger partial charge in [0.2, 0.25) is 5.95 Å². The molecule has 1 unspecified atom stereocenters. The SMILES string of the molecule is Cc1ccc(-c2nnc3c4ccccc4nc(N4CCN(C(=O)c5ccc(F)cc5)C(C)C4)n23)cc1. The molecule has 3 heterocycles. The smallest absolute Gasteiger partial charge is 0.254 e. The summed E-state index contributed by atoms with van der Waals surface area (Å²) in [5.74, 6) is 1.04. The van der Waals surface area contributed by atoms with Crippen molar-refractivity contribution in [3.63, 3.8) is 0 Å². The number of piperazine rings is 1. The third kappa shape index (κ3) is 3.75. The van der Waals surface area contributed by atoms with Gasteiger partial charge in [-0.2, -0.15) is 0 Å². The van der Waals surface area contributed by atoms with Crippen LogP contribution in [0.5, 0.6) is 0 Å². The van der Waals surface area contributed by atoms with Gasteiger partial charge >= 0.3 is 0 Å². The van der Waals surface area contributed by atoms with Crippen LogP contribution >= 0.6 is 0 Å². The van der Waals surface area contributed by atoms with Gasteiger partial charge in [0.15, 0.2) is 11.5 Å². The largest absolute Gasteiger partial charge is 0.338 e. The first-order chi connectivity index (χ1) is 17.5. The maximum atomic E-state index is 13.3. The lowest BCUT2D eigenvalue weighted by Crippen LogP contribution is -2.54. The van der Waals surface area contributed by atoms with Gasteiger partial charge in [0.1, 0.15) is 5.82 Å². The summed E-state index contributed by atoms with van der Waals surface area (Å²) in [5, 5.41) is 10.1. The first-order valence-corrected chi connectivity index (χ1v) is 12.0. The van der Waals surface area contributed by atoms with Crippen molar-refractivity contribution in [2.75, 3.05) is 24.5 Å². The van der Waals surface area contributed by atoms with Crippen molar-refractivity contribution in [3.8, 4) is 11.4 Å². The Labute approximate surface area is 207 Å². The van der Waals surface area contributed by atoms with Crippen molar-refractivity contribution in [3.05, 3.63) is 89.7 Å². The van der Waals surface area contributed by atoms with Crippen LogP contribution < -0.4 is 4.90 Å². The second-order valence-corrected chi connectivity index (χ2v) is 9.28. The third-order valence-electron chi connectivity index (χ3n) is 6.80. The number of hydrogen-bond donors (Lipinski definition) is 0. The molecule has 1 atom stereocenters. The maximum Gasteiger partial charge on any atom is 0.254 e. The summed E-state index contributed by atoms with van der Waals surface area (Å²) in [6.07, 6.45) is 0. The normalized spacial score (nSPS) is 16.1. The third-order valence-corrected chi connectivity index (χ3v) is 6.80. The molecule has 0 spiro atoms. The van der Waals surface area contributed by atoms with Crippen LogP contribution in [0.4, 0.5) is 10.3 Å². The van der Waals surface area contributed by atoms with Crippen molar-refractivity contribution in [1.29, 1.82) is 0 Å². The molecular formula is C28H25FN6O. The molecule has 0 saturated carbocycles. The number of halogens is 1. The molecule has 1 aliphatic heterocycles. The van der Waals surface area contributed by atoms with Crippen LogP contribution in [0.1, 0.15) is 22.8 Å². The van der Waals surface area contributed by atoms with E-state index in [0.717, 1.165) is 33.9 Å². The van der Waals surface area contributed by atoms with E-state index in [-0.39, 0.29) is 17.8 Å². The Balaban J connectivity index is 1.40. The first kappa shape index (κ1) is 22.2. The van der Waals surface area contributed by atoms with E-state index in [9.17, 15) is 9.18 Å². The van der Waals surface area contributed by atoms with Gasteiger partial charge in [-0.15, -0.1) is 10.2 Å². The lowest BCUT2D eigenvalue weighted by Gasteiger charge is -2.40. The van der Waals surface area contributed by atoms with Crippen LogP contribution in [-0.4, -0.2) is 56.1 Å². The average molecular weight is 481 g/mol. The molecule has 6 rings (SSSR count). The molecule has 2 aromatic heterocycles. The molecule has 0 N–H and O–H groups in total. The van der Waals surface area contributed by atoms with Gasteiger partial charge in [-0.3, -0.25) is 4.79 Å². The second-order valence-electron chi connectivity index (χ2n) is 9.28. The Kier molecular flexibility index (Phi) is 5.36. The van der Waals surface area contributed by atoms with E-state index < -0.39 is 0 Å². The minimum atomic E-state index is -0.353. The van der Waals surface area contributed by atoms with E-state index in [4.69, 9.17) is 4.98 Å². The Morgan fingerprint density at radius 3 is 2.44 bits per heavy atom. The zero-order chi connectivity index (χ0) is 24.8. The minimum Gasteiger partial charge on any atom is -0.338 e. The average Bonchev–Trinajstić information content (AvgIpc) is 3.34. The van der Waals surface area contributed by atoms with Crippen LogP contribution in [0.25, 0.3) is 27.9 Å². The molecule has 7 nitrogen and oxygen atoms in total. The molecule has 8 heteroatoms. The molecular weight excluding hydrogens is 455 g/mol. The molecule has 1 amide bonds. The van der Waals surface area contributed by atoms with E-state index in [2.05, 4.69) is 34.2 Å². The number of carbonyl (C=O) groups is 1. The Hall–Kier alpha value is -4.33. The summed E-state index contributed by atoms with van der Waals surface area (Å²) in [4.78, 5) is 22.2. The fourth-order valence-corrected chi connectivity index (χ4v) is 4.87. The van der Waals surface area contributed by atoms with E-state index in [1.165, 1.54) is 29.8 Å². The predicted octanol–water partition coefficient (Wildman–Crippen LogP) is 4.74. The van der Waals surface area contributed by atoms with E-state index >= 15 is 0 Å². The molecule has 0 aliphatic carbocycles. The zero-order valence-electron chi connectivity index (χ0n) is 20.1. The number of aromatic nitrogens is 4. The zero-order valence-corrected chi connectivity index (χ0v) is 20.1. The highest BCUT2D eigenvalue weighted by Crippen LogP contribution is 2.30. The fourth-order valence-electron chi connectivity index (χ4n) is 4.87. The van der Waals surface area contributed by atoms with Crippen LogP contribution in [0, 0.1) is 12.7 Å². The molecule has 36 heavy (non-hydrogen) atoms. The van der Waals surface area contributed by atoms with Gasteiger partial charge in [-0.05, 0) is 50.2 Å². The molecule has 1 fully saturated rings. The molecule has 0 radical (unpaired) electrons. The van der Waals surface area contributed by atoms with Crippen LogP contribution in [0.2, 0.25) is 0 Å². The highest BCUT2D eigenvalue weighted by Gasteiger charge is 2.31. The quantitative estimate of drug-likeness (QED) is 0.373. The monoisotopic (exact) mass is 480 g/mol. The Bertz CT molecular complexity index is 1580. The number of aryl methyl sites for hydroxylation is 1. The molecule has 180 valence electrons. The standard InChI is InChI=1S/C28H25FN6O/c1-18-7-9-20(10-8-18)25-31-32-26-23-5-3-4-6-24(23)30-28(35(25)26)33-15-16-34(19(2)17-33)27(36)21-11-13-22(29)14-12-21/h3-14,19H,15-17H2,1-2H3. The molecule has 5 aromatic rings. The van der Waals surface area contributed by atoms with Gasteiger partial charge in [0.25, 0.3) is 5.91 Å². The van der Waals surface area contributed by atoms with Crippen molar-refractivity contribution >= 4 is 28.4 Å². The predicted molar refractivity (Wildman–Crippen MR) is 138 cm³/mol. The highest BCUT2D eigenvalue weighted by molar-refractivity contribution is 5.95. The lowest BCUT2D eigenvalue weighted by atomic mass is 10.1. The first-order valence-electron chi connectivity index (χ1n) is 12.0. The fraction of sp³-hybridized carbons (Fsp3) is 0.214. The number of fused-ring (bicyclic) bond motifs is 3. The Morgan fingerprint density at radius 1 is 0.944 bits per heavy atom. The summed E-state index contributed by atoms with van der Waals surface area (Å²) in [7, 11) is 0. The number of anilines is 1. The van der Waals surface area contributed by atoms with Crippen molar-refractivity contribution in [2.45, 2.75) is 19.9 Å². The van der Waals surface area contributed by atoms with Gasteiger partial charge in [-0.25, -0.2) is 13.8 Å². The minimum absolute atomic E-state index is 0.0704. The summed E-state index contributed by atoms with van der Waals surface area (Å²) in [6.45, 7) is 5.80. The molecule has 1 saturated heterocycles. The second kappa shape index (κ2) is 8.71. The van der Waals surface area contributed by atoms with Crippen molar-refractivity contribution in [1.82, 2.24) is 24.5 Å². The number of benzene rings is 3. The number of rotatable bonds is 3. The van der Waals surface area contributed by atoms with Crippen LogP contribution in [-0.2, 0) is 0 Å². The van der Waals surface area contributed by atoms with Crippen LogP contribution in [0.3, 0.4) is 0 Å². The summed E-state index contributed by atoms with van der Waals surface area (Å²) in [5.41, 5.74) is 4.23. The molecule has 0 bridgehead atoms. The Morgan fingerprint density at radius 2 is 1.69 bits per heavy atom. The summed E-state index contributed by atoms with van der Waals surface area (Å²) in [6, 6.07) is 21.8. The van der Waals surface area contributed by atoms with Gasteiger partial charge < -0.3 is 9.80 Å². The van der Waals surface area contributed by atoms with Crippen molar-refractivity contribution < 1.29 is 9.18 Å². The number of nitrogens with zero attached hydrogens (tertiary/aromatic N) is 6. The number of hydrogen-bond acceptors (Lipinski definition) is 5. The van der Waals surface area contributed by atoms with Crippen LogP contribution in [0.15, 0.2) is 72.8 Å². The van der Waals surface area contributed by atoms with Crippen molar-refractivity contribution in [2.24, 2.45) is 0 Å². The van der Waals surface area contributed by atoms with Gasteiger partial charge in [0.05, 0.1) is 5.52 Å². The summed E-state index contributed by atoms with van der Waals surface area (Å²) < 4.78 is 15.4. The molecule has 3 aromatic carbocycles. The van der Waals surface area contributed by atoms with E-state index in [1.54, 1.807) is 0 Å². The van der Waals surface area contributed by atoms with E-state index in [0.29, 0.717) is 25.2 Å². The number of carbonyl (C=O) groups excluding carboxylic acids is 1.